The molecule has 0 bridgehead atoms. The summed E-state index contributed by atoms with van der Waals surface area (Å²) in [6.45, 7) is 0. The Balaban J connectivity index is 2.31. The molecule has 22 heavy (non-hydrogen) atoms. The molecule has 0 aliphatic heterocycles. The Bertz CT molecular complexity index is 735. The number of halogens is 1. The molecule has 0 radical (unpaired) electrons. The summed E-state index contributed by atoms with van der Waals surface area (Å²) in [5.41, 5.74) is 0.949. The average Bonchev–Trinajstić information content (AvgIpc) is 2.76. The minimum Gasteiger partial charge on any atom is -0.494 e. The number of nitrogens with zero attached hydrogens (tertiary/aromatic N) is 1. The van der Waals surface area contributed by atoms with Crippen LogP contribution in [-0.4, -0.2) is 28.0 Å². The largest absolute Gasteiger partial charge is 0.494 e. The maximum atomic E-state index is 13.8. The quantitative estimate of drug-likeness (QED) is 0.850. The van der Waals surface area contributed by atoms with Gasteiger partial charge in [0.2, 0.25) is 0 Å². The van der Waals surface area contributed by atoms with Crippen LogP contribution in [0.1, 0.15) is 23.6 Å². The lowest BCUT2D eigenvalue weighted by molar-refractivity contribution is -0.137. The van der Waals surface area contributed by atoms with Crippen LogP contribution in [0.15, 0.2) is 29.1 Å². The summed E-state index contributed by atoms with van der Waals surface area (Å²) in [6.07, 6.45) is 0.136. The summed E-state index contributed by atoms with van der Waals surface area (Å²) in [5.74, 6) is -1.88. The fourth-order valence-corrected chi connectivity index (χ4v) is 2.37. The second kappa shape index (κ2) is 6.46. The third-order valence-electron chi connectivity index (χ3n) is 3.47. The zero-order valence-corrected chi connectivity index (χ0v) is 12.3. The third kappa shape index (κ3) is 3.55. The van der Waals surface area contributed by atoms with Crippen LogP contribution in [0.5, 0.6) is 5.75 Å². The molecule has 0 saturated carbocycles. The molecule has 118 valence electrons. The van der Waals surface area contributed by atoms with Crippen molar-refractivity contribution in [1.82, 2.24) is 9.78 Å². The van der Waals surface area contributed by atoms with Crippen LogP contribution in [0.2, 0.25) is 0 Å². The molecule has 7 heteroatoms. The molecule has 0 aliphatic carbocycles. The molecule has 1 aromatic carbocycles. The lowest BCUT2D eigenvalue weighted by Crippen LogP contribution is -2.11. The first-order chi connectivity index (χ1) is 10.4. The number of hydrogen-bond donors (Lipinski definition) is 2. The first-order valence-corrected chi connectivity index (χ1v) is 6.71. The van der Waals surface area contributed by atoms with Gasteiger partial charge < -0.3 is 9.84 Å². The van der Waals surface area contributed by atoms with Gasteiger partial charge in [0.05, 0.1) is 13.5 Å². The molecule has 0 saturated heterocycles. The van der Waals surface area contributed by atoms with Crippen molar-refractivity contribution in [1.29, 1.82) is 0 Å². The van der Waals surface area contributed by atoms with Gasteiger partial charge in [0.15, 0.2) is 11.6 Å². The van der Waals surface area contributed by atoms with E-state index in [9.17, 15) is 14.0 Å². The number of aliphatic carboxylic acids is 1. The van der Waals surface area contributed by atoms with Crippen LogP contribution in [-0.2, 0) is 18.3 Å². The number of carbonyl (C=O) groups is 1. The summed E-state index contributed by atoms with van der Waals surface area (Å²) < 4.78 is 20.0. The highest BCUT2D eigenvalue weighted by Crippen LogP contribution is 2.27. The molecule has 2 aromatic rings. The number of methoxy groups -OCH3 is 1. The molecule has 1 heterocycles. The van der Waals surface area contributed by atoms with E-state index in [1.54, 1.807) is 13.1 Å². The predicted molar refractivity (Wildman–Crippen MR) is 77.7 cm³/mol. The minimum absolute atomic E-state index is 0.103. The summed E-state index contributed by atoms with van der Waals surface area (Å²) >= 11 is 0. The van der Waals surface area contributed by atoms with Crippen LogP contribution in [0.3, 0.4) is 0 Å². The van der Waals surface area contributed by atoms with Crippen molar-refractivity contribution in [3.63, 3.8) is 0 Å². The Labute approximate surface area is 126 Å². The fraction of sp³-hybridized carbons (Fsp3) is 0.333. The Morgan fingerprint density at radius 3 is 2.68 bits per heavy atom. The molecule has 0 amide bonds. The van der Waals surface area contributed by atoms with Crippen molar-refractivity contribution in [2.45, 2.75) is 18.8 Å². The zero-order chi connectivity index (χ0) is 16.3. The van der Waals surface area contributed by atoms with Crippen LogP contribution in [0.4, 0.5) is 4.39 Å². The highest BCUT2D eigenvalue weighted by molar-refractivity contribution is 5.68. The van der Waals surface area contributed by atoms with Crippen molar-refractivity contribution in [3.05, 3.63) is 51.7 Å². The van der Waals surface area contributed by atoms with E-state index in [0.717, 1.165) is 0 Å². The van der Waals surface area contributed by atoms with Gasteiger partial charge >= 0.3 is 5.97 Å². The van der Waals surface area contributed by atoms with E-state index < -0.39 is 17.7 Å². The van der Waals surface area contributed by atoms with Gasteiger partial charge in [0.1, 0.15) is 0 Å². The number of carboxylic acids is 1. The van der Waals surface area contributed by atoms with Gasteiger partial charge in [-0.3, -0.25) is 19.4 Å². The van der Waals surface area contributed by atoms with Crippen molar-refractivity contribution >= 4 is 5.97 Å². The summed E-state index contributed by atoms with van der Waals surface area (Å²) in [6, 6.07) is 5.78. The fourth-order valence-electron chi connectivity index (χ4n) is 2.37. The number of benzene rings is 1. The number of carboxylic acid groups (broad SMARTS) is 1. The van der Waals surface area contributed by atoms with E-state index in [1.165, 1.54) is 30.0 Å². The van der Waals surface area contributed by atoms with Crippen LogP contribution >= 0.6 is 0 Å². The van der Waals surface area contributed by atoms with E-state index in [0.29, 0.717) is 17.7 Å². The maximum absolute atomic E-state index is 13.8. The lowest BCUT2D eigenvalue weighted by atomic mass is 9.91. The van der Waals surface area contributed by atoms with Gasteiger partial charge in [-0.2, -0.15) is 0 Å². The Morgan fingerprint density at radius 2 is 2.18 bits per heavy atom. The number of ether oxygens (including phenoxy) is 1. The van der Waals surface area contributed by atoms with Gasteiger partial charge in [0.25, 0.3) is 5.56 Å². The van der Waals surface area contributed by atoms with Gasteiger partial charge in [-0.1, -0.05) is 6.07 Å². The first-order valence-electron chi connectivity index (χ1n) is 6.71. The molecule has 0 spiro atoms. The highest BCUT2D eigenvalue weighted by atomic mass is 19.1. The second-order valence-corrected chi connectivity index (χ2v) is 5.07. The molecule has 2 N–H and O–H groups in total. The molecule has 2 rings (SSSR count). The van der Waals surface area contributed by atoms with Crippen LogP contribution in [0.25, 0.3) is 0 Å². The zero-order valence-electron chi connectivity index (χ0n) is 12.3. The van der Waals surface area contributed by atoms with Crippen molar-refractivity contribution in [2.24, 2.45) is 7.05 Å². The maximum Gasteiger partial charge on any atom is 0.303 e. The molecule has 6 nitrogen and oxygen atoms in total. The topological polar surface area (TPSA) is 84.3 Å². The smallest absolute Gasteiger partial charge is 0.303 e. The van der Waals surface area contributed by atoms with E-state index in [4.69, 9.17) is 9.84 Å². The number of aromatic nitrogens is 2. The molecule has 0 aliphatic rings. The number of H-pyrrole nitrogens is 1. The van der Waals surface area contributed by atoms with E-state index >= 15 is 0 Å². The van der Waals surface area contributed by atoms with Crippen molar-refractivity contribution < 1.29 is 19.0 Å². The Morgan fingerprint density at radius 1 is 1.45 bits per heavy atom. The summed E-state index contributed by atoms with van der Waals surface area (Å²) in [5, 5.41) is 11.9. The third-order valence-corrected chi connectivity index (χ3v) is 3.47. The number of nitrogens with one attached hydrogen (secondary N) is 1. The number of hydrogen-bond acceptors (Lipinski definition) is 3. The summed E-state index contributed by atoms with van der Waals surface area (Å²) in [4.78, 5) is 22.5. The van der Waals surface area contributed by atoms with Crippen LogP contribution in [0, 0.1) is 5.82 Å². The van der Waals surface area contributed by atoms with Crippen LogP contribution < -0.4 is 10.3 Å². The predicted octanol–water partition coefficient (Wildman–Crippen LogP) is 1.66. The lowest BCUT2D eigenvalue weighted by Gasteiger charge is -2.15. The molecule has 1 aromatic heterocycles. The Hall–Kier alpha value is -2.57. The summed E-state index contributed by atoms with van der Waals surface area (Å²) in [7, 11) is 2.94. The van der Waals surface area contributed by atoms with E-state index in [-0.39, 0.29) is 17.7 Å². The van der Waals surface area contributed by atoms with Gasteiger partial charge in [-0.25, -0.2) is 4.39 Å². The first kappa shape index (κ1) is 15.8. The SMILES string of the molecule is COc1ccc(C(CC(=O)O)Cc2cc(=O)n(C)[nH]2)cc1F. The van der Waals surface area contributed by atoms with Crippen molar-refractivity contribution in [2.75, 3.05) is 7.11 Å². The number of aryl methyl sites for hydroxylation is 1. The molecule has 1 unspecified atom stereocenters. The number of rotatable bonds is 6. The molecular weight excluding hydrogens is 291 g/mol. The van der Waals surface area contributed by atoms with Gasteiger partial charge in [0, 0.05) is 18.8 Å². The monoisotopic (exact) mass is 308 g/mol. The molecule has 1 atom stereocenters. The minimum atomic E-state index is -0.987. The normalized spacial score (nSPS) is 12.1. The van der Waals surface area contributed by atoms with Crippen molar-refractivity contribution in [3.8, 4) is 5.75 Å². The van der Waals surface area contributed by atoms with E-state index in [2.05, 4.69) is 5.10 Å². The highest BCUT2D eigenvalue weighted by Gasteiger charge is 2.19. The standard InChI is InChI=1S/C15H17FN2O4/c1-18-14(19)8-11(17-18)5-10(7-15(20)21)9-3-4-13(22-2)12(16)6-9/h3-4,6,8,10,17H,5,7H2,1-2H3,(H,20,21). The van der Waals surface area contributed by atoms with Gasteiger partial charge in [-0.15, -0.1) is 0 Å². The Kier molecular flexibility index (Phi) is 4.65. The molecular formula is C15H17FN2O4. The van der Waals surface area contributed by atoms with Gasteiger partial charge in [-0.05, 0) is 30.0 Å². The second-order valence-electron chi connectivity index (χ2n) is 5.07. The van der Waals surface area contributed by atoms with E-state index in [1.807, 2.05) is 0 Å². The average molecular weight is 308 g/mol. The molecule has 0 fully saturated rings. The number of aromatic amines is 1.